The molecule has 0 spiro atoms. The predicted molar refractivity (Wildman–Crippen MR) is 59.5 cm³/mol. The van der Waals surface area contributed by atoms with Crippen molar-refractivity contribution in [2.24, 2.45) is 0 Å². The molecule has 0 amide bonds. The van der Waals surface area contributed by atoms with E-state index in [0.717, 1.165) is 18.6 Å². The van der Waals surface area contributed by atoms with Gasteiger partial charge in [-0.2, -0.15) is 0 Å². The number of benzene rings is 1. The Labute approximate surface area is 98.0 Å². The molecule has 0 aliphatic carbocycles. The van der Waals surface area contributed by atoms with Gasteiger partial charge in [0.2, 0.25) is 0 Å². The summed E-state index contributed by atoms with van der Waals surface area (Å²) < 4.78 is 18.0. The largest absolute Gasteiger partial charge is 0.487 e. The lowest BCUT2D eigenvalue weighted by atomic mass is 10.2. The van der Waals surface area contributed by atoms with E-state index >= 15 is 0 Å². The summed E-state index contributed by atoms with van der Waals surface area (Å²) in [5, 5.41) is 19.2. The van der Waals surface area contributed by atoms with E-state index in [1.807, 2.05) is 0 Å². The van der Waals surface area contributed by atoms with Crippen LogP contribution in [0.4, 0.5) is 10.1 Å². The highest BCUT2D eigenvalue weighted by molar-refractivity contribution is 5.46. The van der Waals surface area contributed by atoms with Gasteiger partial charge in [-0.15, -0.1) is 0 Å². The fourth-order valence-corrected chi connectivity index (χ4v) is 1.33. The quantitative estimate of drug-likeness (QED) is 0.453. The zero-order valence-corrected chi connectivity index (χ0v) is 9.26. The average molecular weight is 243 g/mol. The van der Waals surface area contributed by atoms with Gasteiger partial charge in [-0.25, -0.2) is 4.39 Å². The molecule has 0 aliphatic heterocycles. The molecule has 6 heteroatoms. The number of nitro benzene ring substituents is 1. The normalized spacial score (nSPS) is 10.2. The van der Waals surface area contributed by atoms with Crippen LogP contribution < -0.4 is 4.74 Å². The SMILES string of the molecule is O=[N+]([O-])c1cc(F)ccc1OCCCCCO. The molecule has 94 valence electrons. The Balaban J connectivity index is 2.55. The fraction of sp³-hybridized carbons (Fsp3) is 0.455. The van der Waals surface area contributed by atoms with Crippen molar-refractivity contribution in [3.05, 3.63) is 34.1 Å². The van der Waals surface area contributed by atoms with Crippen molar-refractivity contribution in [2.45, 2.75) is 19.3 Å². The van der Waals surface area contributed by atoms with Crippen molar-refractivity contribution in [1.82, 2.24) is 0 Å². The standard InChI is InChI=1S/C11H14FNO4/c12-9-4-5-11(10(8-9)13(15)16)17-7-3-1-2-6-14/h4-5,8,14H,1-3,6-7H2. The van der Waals surface area contributed by atoms with Crippen LogP contribution in [0, 0.1) is 15.9 Å². The van der Waals surface area contributed by atoms with E-state index in [1.165, 1.54) is 6.07 Å². The maximum atomic E-state index is 12.8. The maximum Gasteiger partial charge on any atom is 0.313 e. The molecule has 0 radical (unpaired) electrons. The first-order chi connectivity index (χ1) is 8.15. The molecule has 0 aliphatic rings. The minimum atomic E-state index is -0.674. The predicted octanol–water partition coefficient (Wildman–Crippen LogP) is 2.28. The van der Waals surface area contributed by atoms with E-state index in [1.54, 1.807) is 0 Å². The van der Waals surface area contributed by atoms with Crippen LogP contribution in [0.5, 0.6) is 5.75 Å². The van der Waals surface area contributed by atoms with Crippen LogP contribution in [0.3, 0.4) is 0 Å². The number of ether oxygens (including phenoxy) is 1. The molecule has 0 aromatic heterocycles. The lowest BCUT2D eigenvalue weighted by Crippen LogP contribution is -2.01. The van der Waals surface area contributed by atoms with E-state index in [9.17, 15) is 14.5 Å². The zero-order chi connectivity index (χ0) is 12.7. The zero-order valence-electron chi connectivity index (χ0n) is 9.26. The number of aliphatic hydroxyl groups is 1. The second kappa shape index (κ2) is 6.80. The summed E-state index contributed by atoms with van der Waals surface area (Å²) in [6.07, 6.45) is 2.15. The summed E-state index contributed by atoms with van der Waals surface area (Å²) >= 11 is 0. The van der Waals surface area contributed by atoms with Gasteiger partial charge in [0, 0.05) is 6.61 Å². The van der Waals surface area contributed by atoms with Crippen LogP contribution >= 0.6 is 0 Å². The van der Waals surface area contributed by atoms with Gasteiger partial charge >= 0.3 is 5.69 Å². The highest BCUT2D eigenvalue weighted by Crippen LogP contribution is 2.27. The Morgan fingerprint density at radius 2 is 2.12 bits per heavy atom. The third kappa shape index (κ3) is 4.36. The molecule has 1 aromatic rings. The van der Waals surface area contributed by atoms with E-state index in [2.05, 4.69) is 0 Å². The minimum absolute atomic E-state index is 0.0698. The van der Waals surface area contributed by atoms with E-state index in [-0.39, 0.29) is 18.0 Å². The second-order valence-electron chi connectivity index (χ2n) is 3.50. The van der Waals surface area contributed by atoms with Crippen molar-refractivity contribution in [3.63, 3.8) is 0 Å². The number of hydrogen-bond acceptors (Lipinski definition) is 4. The van der Waals surface area contributed by atoms with E-state index in [4.69, 9.17) is 9.84 Å². The van der Waals surface area contributed by atoms with Gasteiger partial charge in [-0.3, -0.25) is 10.1 Å². The van der Waals surface area contributed by atoms with Crippen molar-refractivity contribution in [2.75, 3.05) is 13.2 Å². The number of hydrogen-bond donors (Lipinski definition) is 1. The molecule has 0 heterocycles. The number of nitro groups is 1. The molecule has 5 nitrogen and oxygen atoms in total. The maximum absolute atomic E-state index is 12.8. The Bertz CT molecular complexity index is 384. The number of nitrogens with zero attached hydrogens (tertiary/aromatic N) is 1. The molecule has 0 unspecified atom stereocenters. The van der Waals surface area contributed by atoms with Gasteiger partial charge in [0.1, 0.15) is 5.82 Å². The van der Waals surface area contributed by atoms with Crippen LogP contribution in [-0.4, -0.2) is 23.2 Å². The van der Waals surface area contributed by atoms with Crippen LogP contribution in [-0.2, 0) is 0 Å². The number of halogens is 1. The Morgan fingerprint density at radius 3 is 2.76 bits per heavy atom. The van der Waals surface area contributed by atoms with Gasteiger partial charge in [-0.1, -0.05) is 0 Å². The molecule has 0 bridgehead atoms. The highest BCUT2D eigenvalue weighted by Gasteiger charge is 2.15. The Hall–Kier alpha value is -1.69. The van der Waals surface area contributed by atoms with Crippen molar-refractivity contribution < 1.29 is 19.2 Å². The Morgan fingerprint density at radius 1 is 1.35 bits per heavy atom. The first-order valence-electron chi connectivity index (χ1n) is 5.32. The van der Waals surface area contributed by atoms with E-state index in [0.29, 0.717) is 19.4 Å². The van der Waals surface area contributed by atoms with Gasteiger partial charge < -0.3 is 9.84 Å². The summed E-state index contributed by atoms with van der Waals surface area (Å²) in [6, 6.07) is 3.21. The summed E-state index contributed by atoms with van der Waals surface area (Å²) in [6.45, 7) is 0.434. The Kier molecular flexibility index (Phi) is 5.35. The van der Waals surface area contributed by atoms with Crippen molar-refractivity contribution in [1.29, 1.82) is 0 Å². The van der Waals surface area contributed by atoms with Gasteiger partial charge in [-0.05, 0) is 31.4 Å². The first kappa shape index (κ1) is 13.4. The van der Waals surface area contributed by atoms with Crippen LogP contribution in [0.1, 0.15) is 19.3 Å². The lowest BCUT2D eigenvalue weighted by Gasteiger charge is -2.06. The topological polar surface area (TPSA) is 72.6 Å². The van der Waals surface area contributed by atoms with Gasteiger partial charge in [0.05, 0.1) is 17.6 Å². The lowest BCUT2D eigenvalue weighted by molar-refractivity contribution is -0.386. The molecule has 0 fully saturated rings. The summed E-state index contributed by atoms with van der Waals surface area (Å²) in [7, 11) is 0. The third-order valence-corrected chi connectivity index (χ3v) is 2.18. The van der Waals surface area contributed by atoms with E-state index < -0.39 is 10.7 Å². The average Bonchev–Trinajstić information content (AvgIpc) is 2.30. The van der Waals surface area contributed by atoms with Crippen molar-refractivity contribution in [3.8, 4) is 5.75 Å². The summed E-state index contributed by atoms with van der Waals surface area (Å²) in [5.74, 6) is -0.593. The third-order valence-electron chi connectivity index (χ3n) is 2.18. The molecule has 0 atom stereocenters. The summed E-state index contributed by atoms with van der Waals surface area (Å²) in [4.78, 5) is 9.96. The number of rotatable bonds is 7. The second-order valence-corrected chi connectivity index (χ2v) is 3.50. The van der Waals surface area contributed by atoms with Crippen molar-refractivity contribution >= 4 is 5.69 Å². The number of unbranched alkanes of at least 4 members (excludes halogenated alkanes) is 2. The molecule has 1 aromatic carbocycles. The first-order valence-corrected chi connectivity index (χ1v) is 5.32. The molecular formula is C11H14FNO4. The molecule has 0 saturated heterocycles. The minimum Gasteiger partial charge on any atom is -0.487 e. The molecule has 1 N–H and O–H groups in total. The highest BCUT2D eigenvalue weighted by atomic mass is 19.1. The smallest absolute Gasteiger partial charge is 0.313 e. The van der Waals surface area contributed by atoms with Crippen LogP contribution in [0.25, 0.3) is 0 Å². The fourth-order valence-electron chi connectivity index (χ4n) is 1.33. The van der Waals surface area contributed by atoms with Gasteiger partial charge in [0.15, 0.2) is 5.75 Å². The molecule has 1 rings (SSSR count). The number of aliphatic hydroxyl groups excluding tert-OH is 1. The van der Waals surface area contributed by atoms with Crippen LogP contribution in [0.2, 0.25) is 0 Å². The monoisotopic (exact) mass is 243 g/mol. The van der Waals surface area contributed by atoms with Gasteiger partial charge in [0.25, 0.3) is 0 Å². The molecular weight excluding hydrogens is 229 g/mol. The van der Waals surface area contributed by atoms with Crippen LogP contribution in [0.15, 0.2) is 18.2 Å². The summed E-state index contributed by atoms with van der Waals surface area (Å²) in [5.41, 5.74) is -0.368. The molecule has 17 heavy (non-hydrogen) atoms. The molecule has 0 saturated carbocycles.